The molecule has 1 saturated heterocycles. The van der Waals surface area contributed by atoms with Gasteiger partial charge in [-0.05, 0) is 37.6 Å². The molecule has 5 heteroatoms. The fraction of sp³-hybridized carbons (Fsp3) is 0.353. The number of rotatable bonds is 4. The van der Waals surface area contributed by atoms with Gasteiger partial charge in [-0.15, -0.1) is 0 Å². The second kappa shape index (κ2) is 6.63. The van der Waals surface area contributed by atoms with Gasteiger partial charge in [0.05, 0.1) is 5.02 Å². The molecule has 2 heterocycles. The third-order valence-corrected chi connectivity index (χ3v) is 4.32. The summed E-state index contributed by atoms with van der Waals surface area (Å²) in [5.41, 5.74) is 1.46. The van der Waals surface area contributed by atoms with Crippen LogP contribution in [0.2, 0.25) is 5.02 Å². The highest BCUT2D eigenvalue weighted by Gasteiger charge is 2.29. The van der Waals surface area contributed by atoms with Gasteiger partial charge >= 0.3 is 0 Å². The zero-order chi connectivity index (χ0) is 15.5. The zero-order valence-electron chi connectivity index (χ0n) is 12.4. The monoisotopic (exact) mass is 320 g/mol. The molecule has 1 aromatic heterocycles. The fourth-order valence-electron chi connectivity index (χ4n) is 2.78. The summed E-state index contributed by atoms with van der Waals surface area (Å²) >= 11 is 6.14. The van der Waals surface area contributed by atoms with Crippen molar-refractivity contribution in [1.82, 2.24) is 10.3 Å². The lowest BCUT2D eigenvalue weighted by Crippen LogP contribution is -2.22. The van der Waals surface area contributed by atoms with Crippen LogP contribution in [-0.4, -0.2) is 18.1 Å². The molecule has 0 spiro atoms. The second-order valence-electron chi connectivity index (χ2n) is 5.59. The maximum absolute atomic E-state index is 14.4. The van der Waals surface area contributed by atoms with Crippen LogP contribution in [-0.2, 0) is 0 Å². The van der Waals surface area contributed by atoms with E-state index in [1.807, 2.05) is 12.1 Å². The number of aryl methyl sites for hydroxylation is 1. The minimum Gasteiger partial charge on any atom is -0.481 e. The van der Waals surface area contributed by atoms with E-state index >= 15 is 0 Å². The molecule has 0 saturated carbocycles. The molecular weight excluding hydrogens is 303 g/mol. The van der Waals surface area contributed by atoms with Gasteiger partial charge in [0.15, 0.2) is 11.6 Å². The van der Waals surface area contributed by atoms with E-state index in [4.69, 9.17) is 16.3 Å². The number of nitrogens with zero attached hydrogens (tertiary/aromatic N) is 1. The molecule has 0 bridgehead atoms. The maximum Gasteiger partial charge on any atom is 0.174 e. The summed E-state index contributed by atoms with van der Waals surface area (Å²) in [5, 5.41) is 3.62. The maximum atomic E-state index is 14.4. The van der Waals surface area contributed by atoms with Gasteiger partial charge < -0.3 is 10.1 Å². The number of aromatic nitrogens is 1. The number of halogens is 2. The molecule has 0 radical (unpaired) electrons. The van der Waals surface area contributed by atoms with Crippen molar-refractivity contribution in [2.24, 2.45) is 5.92 Å². The highest BCUT2D eigenvalue weighted by Crippen LogP contribution is 2.37. The Bertz CT molecular complexity index is 645. The van der Waals surface area contributed by atoms with Crippen LogP contribution in [0.5, 0.6) is 5.75 Å². The molecule has 1 aromatic carbocycles. The number of benzene rings is 1. The predicted octanol–water partition coefficient (Wildman–Crippen LogP) is 3.91. The highest BCUT2D eigenvalue weighted by atomic mass is 35.5. The predicted molar refractivity (Wildman–Crippen MR) is 84.7 cm³/mol. The topological polar surface area (TPSA) is 34.1 Å². The van der Waals surface area contributed by atoms with Crippen LogP contribution >= 0.6 is 11.6 Å². The Kier molecular flexibility index (Phi) is 4.60. The van der Waals surface area contributed by atoms with Crippen LogP contribution in [0.3, 0.4) is 0 Å². The smallest absolute Gasteiger partial charge is 0.174 e. The Morgan fingerprint density at radius 1 is 1.41 bits per heavy atom. The van der Waals surface area contributed by atoms with Crippen LogP contribution in [0, 0.1) is 18.7 Å². The van der Waals surface area contributed by atoms with Gasteiger partial charge in [0.1, 0.15) is 6.10 Å². The summed E-state index contributed by atoms with van der Waals surface area (Å²) in [4.78, 5) is 4.15. The Morgan fingerprint density at radius 2 is 2.27 bits per heavy atom. The summed E-state index contributed by atoms with van der Waals surface area (Å²) in [6, 6.07) is 7.14. The van der Waals surface area contributed by atoms with Gasteiger partial charge in [-0.2, -0.15) is 0 Å². The molecule has 3 rings (SSSR count). The number of hydrogen-bond donors (Lipinski definition) is 1. The van der Waals surface area contributed by atoms with E-state index in [2.05, 4.69) is 10.3 Å². The Morgan fingerprint density at radius 3 is 2.95 bits per heavy atom. The molecule has 1 aliphatic heterocycles. The first-order chi connectivity index (χ1) is 10.7. The largest absolute Gasteiger partial charge is 0.481 e. The van der Waals surface area contributed by atoms with Gasteiger partial charge in [0.25, 0.3) is 0 Å². The normalized spacial score (nSPS) is 19.1. The molecule has 1 unspecified atom stereocenters. The van der Waals surface area contributed by atoms with Crippen molar-refractivity contribution in [1.29, 1.82) is 0 Å². The molecule has 1 N–H and O–H groups in total. The van der Waals surface area contributed by atoms with E-state index in [1.54, 1.807) is 31.5 Å². The summed E-state index contributed by atoms with van der Waals surface area (Å²) in [6.45, 7) is 3.48. The van der Waals surface area contributed by atoms with Crippen molar-refractivity contribution in [2.75, 3.05) is 13.1 Å². The van der Waals surface area contributed by atoms with Gasteiger partial charge in [-0.3, -0.25) is 4.98 Å². The summed E-state index contributed by atoms with van der Waals surface area (Å²) < 4.78 is 20.4. The second-order valence-corrected chi connectivity index (χ2v) is 5.99. The van der Waals surface area contributed by atoms with Gasteiger partial charge in [0, 0.05) is 30.4 Å². The summed E-state index contributed by atoms with van der Waals surface area (Å²) in [7, 11) is 0. The summed E-state index contributed by atoms with van der Waals surface area (Å²) in [6.07, 6.45) is 4.19. The van der Waals surface area contributed by atoms with Crippen molar-refractivity contribution in [3.8, 4) is 5.75 Å². The molecule has 116 valence electrons. The van der Waals surface area contributed by atoms with Crippen LogP contribution in [0.15, 0.2) is 36.7 Å². The van der Waals surface area contributed by atoms with E-state index in [1.165, 1.54) is 0 Å². The molecule has 1 fully saturated rings. The summed E-state index contributed by atoms with van der Waals surface area (Å²) in [5.74, 6) is -0.00468. The zero-order valence-corrected chi connectivity index (χ0v) is 13.1. The first kappa shape index (κ1) is 15.3. The average Bonchev–Trinajstić information content (AvgIpc) is 3.06. The first-order valence-corrected chi connectivity index (χ1v) is 7.76. The van der Waals surface area contributed by atoms with E-state index in [-0.39, 0.29) is 17.8 Å². The van der Waals surface area contributed by atoms with Crippen molar-refractivity contribution in [3.05, 3.63) is 58.6 Å². The SMILES string of the molecule is Cc1ccc(Cl)c(O[C@H](c2cccnc2)C2CCNC2)c1F. The van der Waals surface area contributed by atoms with E-state index in [0.29, 0.717) is 10.6 Å². The number of hydrogen-bond acceptors (Lipinski definition) is 3. The van der Waals surface area contributed by atoms with Crippen molar-refractivity contribution < 1.29 is 9.13 Å². The molecule has 0 aliphatic carbocycles. The molecular formula is C17H18ClFN2O. The van der Waals surface area contributed by atoms with Crippen LogP contribution in [0.25, 0.3) is 0 Å². The lowest BCUT2D eigenvalue weighted by molar-refractivity contribution is 0.138. The van der Waals surface area contributed by atoms with Crippen molar-refractivity contribution in [2.45, 2.75) is 19.4 Å². The van der Waals surface area contributed by atoms with Crippen molar-refractivity contribution >= 4 is 11.6 Å². The molecule has 22 heavy (non-hydrogen) atoms. The van der Waals surface area contributed by atoms with Gasteiger partial charge in [-0.25, -0.2) is 4.39 Å². The average molecular weight is 321 g/mol. The molecule has 2 aromatic rings. The van der Waals surface area contributed by atoms with E-state index in [9.17, 15) is 4.39 Å². The molecule has 0 amide bonds. The van der Waals surface area contributed by atoms with Crippen LogP contribution in [0.4, 0.5) is 4.39 Å². The standard InChI is InChI=1S/C17H18ClFN2O/c1-11-4-5-14(18)17(15(11)19)22-16(13-6-8-21-10-13)12-3-2-7-20-9-12/h2-5,7,9,13,16,21H,6,8,10H2,1H3/t13?,16-/m1/s1. The highest BCUT2D eigenvalue weighted by molar-refractivity contribution is 6.32. The van der Waals surface area contributed by atoms with Gasteiger partial charge in [0.2, 0.25) is 0 Å². The number of nitrogens with one attached hydrogen (secondary N) is 1. The van der Waals surface area contributed by atoms with E-state index < -0.39 is 5.82 Å². The van der Waals surface area contributed by atoms with Crippen LogP contribution < -0.4 is 10.1 Å². The molecule has 2 atom stereocenters. The minimum atomic E-state index is -0.396. The Hall–Kier alpha value is -1.65. The molecule has 1 aliphatic rings. The minimum absolute atomic E-state index is 0.127. The fourth-order valence-corrected chi connectivity index (χ4v) is 2.97. The quantitative estimate of drug-likeness (QED) is 0.927. The third-order valence-electron chi connectivity index (χ3n) is 4.03. The number of pyridine rings is 1. The van der Waals surface area contributed by atoms with Gasteiger partial charge in [-0.1, -0.05) is 23.7 Å². The van der Waals surface area contributed by atoms with E-state index in [0.717, 1.165) is 25.1 Å². The number of ether oxygens (including phenoxy) is 1. The molecule has 3 nitrogen and oxygen atoms in total. The van der Waals surface area contributed by atoms with Crippen molar-refractivity contribution in [3.63, 3.8) is 0 Å². The third kappa shape index (κ3) is 3.08. The van der Waals surface area contributed by atoms with Crippen LogP contribution in [0.1, 0.15) is 23.7 Å². The first-order valence-electron chi connectivity index (χ1n) is 7.38. The Balaban J connectivity index is 1.95. The Labute approximate surface area is 134 Å². The lowest BCUT2D eigenvalue weighted by Gasteiger charge is -2.25. The lowest BCUT2D eigenvalue weighted by atomic mass is 9.96.